The van der Waals surface area contributed by atoms with Gasteiger partial charge in [-0.15, -0.1) is 0 Å². The average molecular weight is 365 g/mol. The summed E-state index contributed by atoms with van der Waals surface area (Å²) >= 11 is 2.46. The van der Waals surface area contributed by atoms with E-state index < -0.39 is 33.3 Å². The maximum atomic E-state index is 14.0. The predicted octanol–water partition coefficient (Wildman–Crippen LogP) is 4.69. The third-order valence-corrected chi connectivity index (χ3v) is 3.58. The molecule has 0 saturated carbocycles. The Hall–Kier alpha value is -1.76. The molecule has 0 heterocycles. The first kappa shape index (κ1) is 15.6. The Morgan fingerprint density at radius 3 is 1.90 bits per heavy atom. The normalized spacial score (nSPS) is 10.6. The summed E-state index contributed by atoms with van der Waals surface area (Å²) in [6, 6.07) is 4.01. The molecule has 0 bridgehead atoms. The molecule has 0 atom stereocenters. The van der Waals surface area contributed by atoms with E-state index in [9.17, 15) is 17.6 Å². The molecular formula is C14H9BrF4O2. The quantitative estimate of drug-likeness (QED) is 0.446. The first-order valence-corrected chi connectivity index (χ1v) is 6.45. The van der Waals surface area contributed by atoms with Crippen LogP contribution in [0.3, 0.4) is 0 Å². The van der Waals surface area contributed by atoms with Crippen molar-refractivity contribution in [2.24, 2.45) is 0 Å². The van der Waals surface area contributed by atoms with E-state index in [-0.39, 0.29) is 11.3 Å². The molecule has 0 aliphatic carbocycles. The van der Waals surface area contributed by atoms with E-state index in [1.807, 2.05) is 0 Å². The molecule has 0 aliphatic heterocycles. The van der Waals surface area contributed by atoms with Crippen LogP contribution in [0.4, 0.5) is 17.6 Å². The molecule has 0 unspecified atom stereocenters. The molecule has 0 amide bonds. The number of hydrogen-bond donors (Lipinski definition) is 0. The van der Waals surface area contributed by atoms with Gasteiger partial charge >= 0.3 is 0 Å². The number of benzene rings is 2. The average Bonchev–Trinajstić information content (AvgIpc) is 2.51. The zero-order valence-corrected chi connectivity index (χ0v) is 12.5. The minimum absolute atomic E-state index is 0.0215. The van der Waals surface area contributed by atoms with Gasteiger partial charge in [-0.1, -0.05) is 0 Å². The van der Waals surface area contributed by atoms with Crippen LogP contribution in [0.1, 0.15) is 0 Å². The number of halogens is 5. The van der Waals surface area contributed by atoms with E-state index in [1.165, 1.54) is 32.4 Å². The second-order valence-corrected chi connectivity index (χ2v) is 4.80. The molecule has 2 aromatic carbocycles. The van der Waals surface area contributed by atoms with E-state index in [1.54, 1.807) is 0 Å². The van der Waals surface area contributed by atoms with Gasteiger partial charge in [-0.05, 0) is 28.1 Å². The van der Waals surface area contributed by atoms with E-state index in [0.29, 0.717) is 5.75 Å². The molecular weight excluding hydrogens is 356 g/mol. The standard InChI is InChI=1S/C14H9BrF4O2/c1-20-6-3-4-7(8(5-6)21-2)9-11(16)13(18)10(15)14(19)12(9)17/h3-5H,1-2H3. The number of hydrogen-bond acceptors (Lipinski definition) is 2. The first-order chi connectivity index (χ1) is 9.92. The molecule has 7 heteroatoms. The highest BCUT2D eigenvalue weighted by Crippen LogP contribution is 2.39. The number of rotatable bonds is 3. The zero-order chi connectivity index (χ0) is 15.7. The van der Waals surface area contributed by atoms with Gasteiger partial charge in [-0.2, -0.15) is 0 Å². The number of methoxy groups -OCH3 is 2. The fourth-order valence-electron chi connectivity index (χ4n) is 1.85. The van der Waals surface area contributed by atoms with Crippen molar-refractivity contribution < 1.29 is 27.0 Å². The lowest BCUT2D eigenvalue weighted by molar-refractivity contribution is 0.394. The van der Waals surface area contributed by atoms with Crippen molar-refractivity contribution in [3.8, 4) is 22.6 Å². The van der Waals surface area contributed by atoms with Gasteiger partial charge in [0.05, 0.1) is 24.3 Å². The van der Waals surface area contributed by atoms with Crippen LogP contribution in [0.15, 0.2) is 22.7 Å². The van der Waals surface area contributed by atoms with Crippen LogP contribution in [-0.2, 0) is 0 Å². The lowest BCUT2D eigenvalue weighted by Gasteiger charge is -2.13. The molecule has 0 N–H and O–H groups in total. The maximum absolute atomic E-state index is 14.0. The van der Waals surface area contributed by atoms with Crippen LogP contribution in [0.2, 0.25) is 0 Å². The molecule has 112 valence electrons. The third-order valence-electron chi connectivity index (χ3n) is 2.89. The zero-order valence-electron chi connectivity index (χ0n) is 10.9. The smallest absolute Gasteiger partial charge is 0.176 e. The molecule has 2 nitrogen and oxygen atoms in total. The monoisotopic (exact) mass is 364 g/mol. The fraction of sp³-hybridized carbons (Fsp3) is 0.143. The first-order valence-electron chi connectivity index (χ1n) is 5.66. The third kappa shape index (κ3) is 2.57. The van der Waals surface area contributed by atoms with Gasteiger partial charge in [-0.25, -0.2) is 17.6 Å². The van der Waals surface area contributed by atoms with Gasteiger partial charge in [0.25, 0.3) is 0 Å². The Balaban J connectivity index is 2.79. The van der Waals surface area contributed by atoms with Crippen molar-refractivity contribution in [3.05, 3.63) is 45.9 Å². The lowest BCUT2D eigenvalue weighted by Crippen LogP contribution is -2.02. The summed E-state index contributed by atoms with van der Waals surface area (Å²) in [6.07, 6.45) is 0. The summed E-state index contributed by atoms with van der Waals surface area (Å²) in [7, 11) is 2.66. The van der Waals surface area contributed by atoms with Crippen LogP contribution in [0.5, 0.6) is 11.5 Å². The highest BCUT2D eigenvalue weighted by atomic mass is 79.9. The maximum Gasteiger partial charge on any atom is 0.176 e. The summed E-state index contributed by atoms with van der Waals surface area (Å²) in [5, 5.41) is 0. The topological polar surface area (TPSA) is 18.5 Å². The van der Waals surface area contributed by atoms with Crippen LogP contribution in [-0.4, -0.2) is 14.2 Å². The highest BCUT2D eigenvalue weighted by Gasteiger charge is 2.26. The SMILES string of the molecule is COc1ccc(-c2c(F)c(F)c(Br)c(F)c2F)c(OC)c1. The summed E-state index contributed by atoms with van der Waals surface area (Å²) in [5.74, 6) is -5.65. The van der Waals surface area contributed by atoms with Gasteiger partial charge in [0, 0.05) is 11.6 Å². The Morgan fingerprint density at radius 1 is 0.857 bits per heavy atom. The second kappa shape index (κ2) is 5.93. The largest absolute Gasteiger partial charge is 0.497 e. The van der Waals surface area contributed by atoms with Crippen LogP contribution in [0, 0.1) is 23.3 Å². The molecule has 0 fully saturated rings. The number of ether oxygens (including phenoxy) is 2. The second-order valence-electron chi connectivity index (χ2n) is 4.01. The molecule has 0 aromatic heterocycles. The van der Waals surface area contributed by atoms with Gasteiger partial charge in [0.1, 0.15) is 11.5 Å². The van der Waals surface area contributed by atoms with E-state index >= 15 is 0 Å². The summed E-state index contributed by atoms with van der Waals surface area (Å²) < 4.78 is 64.2. The minimum atomic E-state index is -1.51. The predicted molar refractivity (Wildman–Crippen MR) is 72.5 cm³/mol. The Labute approximate surface area is 126 Å². The van der Waals surface area contributed by atoms with Crippen molar-refractivity contribution in [2.45, 2.75) is 0 Å². The van der Waals surface area contributed by atoms with Gasteiger partial charge in [0.15, 0.2) is 23.3 Å². The van der Waals surface area contributed by atoms with Gasteiger partial charge in [0.2, 0.25) is 0 Å². The molecule has 21 heavy (non-hydrogen) atoms. The van der Waals surface area contributed by atoms with Crippen molar-refractivity contribution in [1.82, 2.24) is 0 Å². The van der Waals surface area contributed by atoms with E-state index in [4.69, 9.17) is 9.47 Å². The van der Waals surface area contributed by atoms with E-state index in [0.717, 1.165) is 0 Å². The van der Waals surface area contributed by atoms with Crippen molar-refractivity contribution in [3.63, 3.8) is 0 Å². The fourth-order valence-corrected chi connectivity index (χ4v) is 2.19. The highest BCUT2D eigenvalue weighted by molar-refractivity contribution is 9.10. The molecule has 0 aliphatic rings. The van der Waals surface area contributed by atoms with E-state index in [2.05, 4.69) is 15.9 Å². The molecule has 2 rings (SSSR count). The minimum Gasteiger partial charge on any atom is -0.497 e. The Kier molecular flexibility index (Phi) is 4.41. The van der Waals surface area contributed by atoms with Gasteiger partial charge in [-0.3, -0.25) is 0 Å². The molecule has 0 saturated heterocycles. The summed E-state index contributed by atoms with van der Waals surface area (Å²) in [5.41, 5.74) is -0.966. The van der Waals surface area contributed by atoms with Gasteiger partial charge < -0.3 is 9.47 Å². The molecule has 0 spiro atoms. The van der Waals surface area contributed by atoms with Crippen LogP contribution < -0.4 is 9.47 Å². The molecule has 0 radical (unpaired) electrons. The molecule has 2 aromatic rings. The lowest BCUT2D eigenvalue weighted by atomic mass is 10.0. The van der Waals surface area contributed by atoms with Crippen molar-refractivity contribution >= 4 is 15.9 Å². The summed E-state index contributed by atoms with van der Waals surface area (Å²) in [4.78, 5) is 0. The summed E-state index contributed by atoms with van der Waals surface area (Å²) in [6.45, 7) is 0. The van der Waals surface area contributed by atoms with Crippen molar-refractivity contribution in [2.75, 3.05) is 14.2 Å². The van der Waals surface area contributed by atoms with Crippen molar-refractivity contribution in [1.29, 1.82) is 0 Å². The van der Waals surface area contributed by atoms with Crippen LogP contribution in [0.25, 0.3) is 11.1 Å². The van der Waals surface area contributed by atoms with Crippen LogP contribution >= 0.6 is 15.9 Å². The Bertz CT molecular complexity index is 675. The Morgan fingerprint density at radius 2 is 1.43 bits per heavy atom.